The number of alkyl halides is 1. The molecular weight excluding hydrogens is 329 g/mol. The molecule has 2 aromatic rings. The first-order valence-electron chi connectivity index (χ1n) is 8.04. The number of hydrogen-bond acceptors (Lipinski definition) is 3. The van der Waals surface area contributed by atoms with E-state index in [1.165, 1.54) is 6.07 Å². The molecule has 0 saturated carbocycles. The Morgan fingerprint density at radius 3 is 2.42 bits per heavy atom. The largest absolute Gasteiger partial charge is 0.508 e. The van der Waals surface area contributed by atoms with Crippen molar-refractivity contribution < 1.29 is 14.2 Å². The van der Waals surface area contributed by atoms with E-state index in [1.807, 2.05) is 30.3 Å². The smallest absolute Gasteiger partial charge is 0.138 e. The second-order valence-corrected chi connectivity index (χ2v) is 6.02. The van der Waals surface area contributed by atoms with Crippen LogP contribution >= 0.6 is 12.4 Å². The lowest BCUT2D eigenvalue weighted by Gasteiger charge is -2.36. The highest BCUT2D eigenvalue weighted by atomic mass is 35.5. The van der Waals surface area contributed by atoms with Crippen LogP contribution in [0.15, 0.2) is 54.6 Å². The Hall–Kier alpha value is -1.78. The standard InChI is InChI=1S/C19H22FNO2.ClH/c20-19(16-5-4-6-17(22)15-16)9-11-21(12-10-19)13-14-23-18-7-2-1-3-8-18;/h1-8,15,22H,9-14H2;1H. The van der Waals surface area contributed by atoms with Crippen molar-refractivity contribution in [3.63, 3.8) is 0 Å². The van der Waals surface area contributed by atoms with Gasteiger partial charge in [0.05, 0.1) is 0 Å². The lowest BCUT2D eigenvalue weighted by molar-refractivity contribution is 0.0499. The number of phenols is 1. The lowest BCUT2D eigenvalue weighted by Crippen LogP contribution is -2.41. The summed E-state index contributed by atoms with van der Waals surface area (Å²) in [6.45, 7) is 2.80. The predicted octanol–water partition coefficient (Wildman–Crippen LogP) is 4.15. The van der Waals surface area contributed by atoms with Gasteiger partial charge >= 0.3 is 0 Å². The summed E-state index contributed by atoms with van der Waals surface area (Å²) in [5.41, 5.74) is -0.757. The zero-order valence-corrected chi connectivity index (χ0v) is 14.3. The van der Waals surface area contributed by atoms with E-state index in [0.29, 0.717) is 38.1 Å². The van der Waals surface area contributed by atoms with Gasteiger partial charge in [-0.15, -0.1) is 12.4 Å². The van der Waals surface area contributed by atoms with E-state index >= 15 is 4.39 Å². The molecule has 0 aliphatic carbocycles. The number of hydrogen-bond donors (Lipinski definition) is 1. The van der Waals surface area contributed by atoms with Crippen molar-refractivity contribution in [1.82, 2.24) is 4.90 Å². The molecule has 0 aromatic heterocycles. The Kier molecular flexibility index (Phi) is 6.46. The molecule has 1 fully saturated rings. The molecule has 1 aliphatic rings. The van der Waals surface area contributed by atoms with Crippen molar-refractivity contribution in [3.05, 3.63) is 60.2 Å². The van der Waals surface area contributed by atoms with Gasteiger partial charge in [-0.1, -0.05) is 30.3 Å². The SMILES string of the molecule is Cl.Oc1cccc(C2(F)CCN(CCOc3ccccc3)CC2)c1. The molecule has 0 radical (unpaired) electrons. The summed E-state index contributed by atoms with van der Waals surface area (Å²) in [6, 6.07) is 16.3. The highest BCUT2D eigenvalue weighted by Crippen LogP contribution is 2.37. The molecule has 1 saturated heterocycles. The Balaban J connectivity index is 0.00000208. The maximum Gasteiger partial charge on any atom is 0.138 e. The van der Waals surface area contributed by atoms with Gasteiger partial charge in [0.25, 0.3) is 0 Å². The van der Waals surface area contributed by atoms with Crippen LogP contribution in [0.2, 0.25) is 0 Å². The van der Waals surface area contributed by atoms with Gasteiger partial charge in [-0.25, -0.2) is 4.39 Å². The fraction of sp³-hybridized carbons (Fsp3) is 0.368. The third-order valence-corrected chi connectivity index (χ3v) is 4.43. The fourth-order valence-corrected chi connectivity index (χ4v) is 3.01. The average Bonchev–Trinajstić information content (AvgIpc) is 2.58. The van der Waals surface area contributed by atoms with Crippen LogP contribution in [0, 0.1) is 0 Å². The molecule has 1 heterocycles. The number of likely N-dealkylation sites (tertiary alicyclic amines) is 1. The minimum atomic E-state index is -1.34. The Bertz CT molecular complexity index is 630. The molecule has 3 nitrogen and oxygen atoms in total. The summed E-state index contributed by atoms with van der Waals surface area (Å²) in [4.78, 5) is 2.23. The summed E-state index contributed by atoms with van der Waals surface area (Å²) >= 11 is 0. The van der Waals surface area contributed by atoms with Crippen molar-refractivity contribution in [2.75, 3.05) is 26.2 Å². The molecule has 2 aromatic carbocycles. The Morgan fingerprint density at radius 2 is 1.75 bits per heavy atom. The second-order valence-electron chi connectivity index (χ2n) is 6.02. The highest BCUT2D eigenvalue weighted by molar-refractivity contribution is 5.85. The molecule has 0 unspecified atom stereocenters. The van der Waals surface area contributed by atoms with Crippen LogP contribution in [-0.2, 0) is 5.67 Å². The van der Waals surface area contributed by atoms with Crippen LogP contribution in [-0.4, -0.2) is 36.2 Å². The predicted molar refractivity (Wildman–Crippen MR) is 95.8 cm³/mol. The van der Waals surface area contributed by atoms with Gasteiger partial charge in [0.15, 0.2) is 0 Å². The molecule has 1 N–H and O–H groups in total. The van der Waals surface area contributed by atoms with Gasteiger partial charge in [-0.05, 0) is 42.7 Å². The third-order valence-electron chi connectivity index (χ3n) is 4.43. The maximum absolute atomic E-state index is 15.1. The average molecular weight is 352 g/mol. The van der Waals surface area contributed by atoms with Gasteiger partial charge < -0.3 is 9.84 Å². The topological polar surface area (TPSA) is 32.7 Å². The summed E-state index contributed by atoms with van der Waals surface area (Å²) in [6.07, 6.45) is 0.892. The van der Waals surface area contributed by atoms with E-state index in [2.05, 4.69) is 4.90 Å². The quantitative estimate of drug-likeness (QED) is 0.878. The van der Waals surface area contributed by atoms with Gasteiger partial charge in [0.1, 0.15) is 23.8 Å². The molecule has 130 valence electrons. The number of ether oxygens (including phenoxy) is 1. The van der Waals surface area contributed by atoms with Crippen LogP contribution in [0.25, 0.3) is 0 Å². The van der Waals surface area contributed by atoms with Crippen LogP contribution in [0.1, 0.15) is 18.4 Å². The van der Waals surface area contributed by atoms with Crippen LogP contribution in [0.5, 0.6) is 11.5 Å². The first-order valence-corrected chi connectivity index (χ1v) is 8.04. The van der Waals surface area contributed by atoms with E-state index < -0.39 is 5.67 Å². The van der Waals surface area contributed by atoms with E-state index in [4.69, 9.17) is 4.74 Å². The van der Waals surface area contributed by atoms with Gasteiger partial charge in [0, 0.05) is 19.6 Å². The minimum Gasteiger partial charge on any atom is -0.508 e. The first-order chi connectivity index (χ1) is 11.2. The maximum atomic E-state index is 15.1. The van der Waals surface area contributed by atoms with E-state index in [9.17, 15) is 5.11 Å². The number of piperidine rings is 1. The molecule has 0 atom stereocenters. The first kappa shape index (κ1) is 18.6. The summed E-state index contributed by atoms with van der Waals surface area (Å²) in [5, 5.41) is 9.54. The Labute approximate surface area is 148 Å². The van der Waals surface area contributed by atoms with Crippen molar-refractivity contribution in [2.24, 2.45) is 0 Å². The molecule has 5 heteroatoms. The van der Waals surface area contributed by atoms with Gasteiger partial charge in [-0.3, -0.25) is 4.90 Å². The van der Waals surface area contributed by atoms with E-state index in [0.717, 1.165) is 12.3 Å². The van der Waals surface area contributed by atoms with Gasteiger partial charge in [-0.2, -0.15) is 0 Å². The number of aromatic hydroxyl groups is 1. The monoisotopic (exact) mass is 351 g/mol. The lowest BCUT2D eigenvalue weighted by atomic mass is 9.86. The molecule has 0 amide bonds. The number of halogens is 2. The Morgan fingerprint density at radius 1 is 1.04 bits per heavy atom. The van der Waals surface area contributed by atoms with Crippen LogP contribution < -0.4 is 4.74 Å². The summed E-state index contributed by atoms with van der Waals surface area (Å²) < 4.78 is 20.8. The zero-order valence-electron chi connectivity index (χ0n) is 13.5. The van der Waals surface area contributed by atoms with Crippen molar-refractivity contribution in [2.45, 2.75) is 18.5 Å². The van der Waals surface area contributed by atoms with Crippen molar-refractivity contribution in [3.8, 4) is 11.5 Å². The molecule has 24 heavy (non-hydrogen) atoms. The number of benzene rings is 2. The fourth-order valence-electron chi connectivity index (χ4n) is 3.01. The number of rotatable bonds is 5. The number of para-hydroxylation sites is 1. The molecule has 1 aliphatic heterocycles. The molecule has 0 bridgehead atoms. The summed E-state index contributed by atoms with van der Waals surface area (Å²) in [7, 11) is 0. The van der Waals surface area contributed by atoms with E-state index in [-0.39, 0.29) is 18.2 Å². The number of phenolic OH excluding ortho intramolecular Hbond substituents is 1. The summed E-state index contributed by atoms with van der Waals surface area (Å²) in [5.74, 6) is 0.988. The van der Waals surface area contributed by atoms with Crippen LogP contribution in [0.3, 0.4) is 0 Å². The molecule has 0 spiro atoms. The highest BCUT2D eigenvalue weighted by Gasteiger charge is 2.36. The normalized spacial score (nSPS) is 17.0. The van der Waals surface area contributed by atoms with Crippen molar-refractivity contribution >= 4 is 12.4 Å². The third kappa shape index (κ3) is 4.62. The van der Waals surface area contributed by atoms with Crippen molar-refractivity contribution in [1.29, 1.82) is 0 Å². The van der Waals surface area contributed by atoms with Crippen LogP contribution in [0.4, 0.5) is 4.39 Å². The molecule has 3 rings (SSSR count). The second kappa shape index (κ2) is 8.36. The zero-order chi connectivity index (χ0) is 16.1. The van der Waals surface area contributed by atoms with E-state index in [1.54, 1.807) is 18.2 Å². The number of nitrogens with zero attached hydrogens (tertiary/aromatic N) is 1. The van der Waals surface area contributed by atoms with Gasteiger partial charge in [0.2, 0.25) is 0 Å². The molecular formula is C19H23ClFNO2. The minimum absolute atomic E-state index is 0.